The van der Waals surface area contributed by atoms with Crippen molar-refractivity contribution in [1.82, 2.24) is 4.98 Å². The molecule has 3 nitrogen and oxygen atoms in total. The van der Waals surface area contributed by atoms with Gasteiger partial charge < -0.3 is 5.32 Å². The molecule has 4 aliphatic carbocycles. The fourth-order valence-corrected chi connectivity index (χ4v) is 7.86. The van der Waals surface area contributed by atoms with Gasteiger partial charge in [0.05, 0.1) is 5.41 Å². The predicted molar refractivity (Wildman–Crippen MR) is 116 cm³/mol. The number of nitrogens with zero attached hydrogens (tertiary/aromatic N) is 1. The predicted octanol–water partition coefficient (Wildman–Crippen LogP) is 6.56. The topological polar surface area (TPSA) is 42.0 Å². The van der Waals surface area contributed by atoms with Gasteiger partial charge in [0.25, 0.3) is 0 Å². The highest BCUT2D eigenvalue weighted by Gasteiger charge is 2.60. The van der Waals surface area contributed by atoms with E-state index < -0.39 is 0 Å². The zero-order chi connectivity index (χ0) is 19.5. The SMILES string of the molecule is O=C(Nc1ncc(Cc2cc(Cl)ccc2Cl)s1)C12CC3CC(CC(Cl)(C3)C1)C2. The number of aromatic nitrogens is 1. The van der Waals surface area contributed by atoms with Crippen LogP contribution in [0.3, 0.4) is 0 Å². The van der Waals surface area contributed by atoms with Crippen LogP contribution in [0.4, 0.5) is 5.13 Å². The quantitative estimate of drug-likeness (QED) is 0.531. The summed E-state index contributed by atoms with van der Waals surface area (Å²) < 4.78 is 0. The fourth-order valence-electron chi connectivity index (χ4n) is 5.96. The molecule has 2 aromatic rings. The molecule has 0 radical (unpaired) electrons. The van der Waals surface area contributed by atoms with Gasteiger partial charge in [-0.3, -0.25) is 4.79 Å². The number of alkyl halides is 1. The molecule has 1 aromatic heterocycles. The molecule has 4 bridgehead atoms. The van der Waals surface area contributed by atoms with E-state index in [0.717, 1.165) is 42.5 Å². The number of thiazole rings is 1. The van der Waals surface area contributed by atoms with Crippen molar-refractivity contribution in [2.45, 2.75) is 49.8 Å². The van der Waals surface area contributed by atoms with Gasteiger partial charge >= 0.3 is 0 Å². The van der Waals surface area contributed by atoms with Crippen LogP contribution in [0.2, 0.25) is 10.0 Å². The van der Waals surface area contributed by atoms with E-state index in [-0.39, 0.29) is 16.2 Å². The van der Waals surface area contributed by atoms with Crippen LogP contribution in [0.25, 0.3) is 0 Å². The van der Waals surface area contributed by atoms with Gasteiger partial charge in [-0.1, -0.05) is 23.2 Å². The molecule has 2 unspecified atom stereocenters. The lowest BCUT2D eigenvalue weighted by Gasteiger charge is -2.59. The van der Waals surface area contributed by atoms with E-state index in [1.807, 2.05) is 6.07 Å². The first-order valence-electron chi connectivity index (χ1n) is 9.72. The van der Waals surface area contributed by atoms with Gasteiger partial charge in [-0.25, -0.2) is 4.98 Å². The first-order chi connectivity index (χ1) is 13.3. The molecule has 4 saturated carbocycles. The molecule has 1 amide bonds. The number of carbonyl (C=O) groups is 1. The van der Waals surface area contributed by atoms with Crippen molar-refractivity contribution < 1.29 is 4.79 Å². The Morgan fingerprint density at radius 1 is 1.21 bits per heavy atom. The number of carbonyl (C=O) groups excluding carboxylic acids is 1. The maximum absolute atomic E-state index is 13.2. The van der Waals surface area contributed by atoms with E-state index in [0.29, 0.717) is 33.4 Å². The smallest absolute Gasteiger partial charge is 0.232 e. The van der Waals surface area contributed by atoms with Crippen molar-refractivity contribution in [2.75, 3.05) is 5.32 Å². The number of hydrogen-bond donors (Lipinski definition) is 1. The second-order valence-electron chi connectivity index (χ2n) is 8.89. The second kappa shape index (κ2) is 6.87. The van der Waals surface area contributed by atoms with E-state index in [9.17, 15) is 4.79 Å². The Balaban J connectivity index is 1.31. The number of benzene rings is 1. The van der Waals surface area contributed by atoms with Crippen molar-refractivity contribution >= 4 is 57.2 Å². The molecule has 0 spiro atoms. The molecular weight excluding hydrogens is 435 g/mol. The molecule has 0 saturated heterocycles. The Labute approximate surface area is 183 Å². The Bertz CT molecular complexity index is 929. The number of rotatable bonds is 4. The summed E-state index contributed by atoms with van der Waals surface area (Å²) in [6, 6.07) is 5.45. The van der Waals surface area contributed by atoms with Gasteiger partial charge in [0.2, 0.25) is 5.91 Å². The minimum Gasteiger partial charge on any atom is -0.301 e. The van der Waals surface area contributed by atoms with Gasteiger partial charge in [0.15, 0.2) is 5.13 Å². The molecule has 1 aromatic carbocycles. The largest absolute Gasteiger partial charge is 0.301 e. The second-order valence-corrected chi connectivity index (χ2v) is 11.7. The normalized spacial score (nSPS) is 33.2. The van der Waals surface area contributed by atoms with Crippen molar-refractivity contribution in [3.8, 4) is 0 Å². The van der Waals surface area contributed by atoms with Crippen LogP contribution in [0.15, 0.2) is 24.4 Å². The highest BCUT2D eigenvalue weighted by Crippen LogP contribution is 2.64. The molecule has 1 heterocycles. The lowest BCUT2D eigenvalue weighted by Crippen LogP contribution is -2.57. The summed E-state index contributed by atoms with van der Waals surface area (Å²) in [5.41, 5.74) is 0.648. The summed E-state index contributed by atoms with van der Waals surface area (Å²) in [4.78, 5) is 18.5. The van der Waals surface area contributed by atoms with Crippen LogP contribution in [0, 0.1) is 17.3 Å². The Morgan fingerprint density at radius 2 is 1.96 bits per heavy atom. The first-order valence-corrected chi connectivity index (χ1v) is 11.7. The summed E-state index contributed by atoms with van der Waals surface area (Å²) in [7, 11) is 0. The van der Waals surface area contributed by atoms with Crippen molar-refractivity contribution in [2.24, 2.45) is 17.3 Å². The van der Waals surface area contributed by atoms with Crippen LogP contribution in [0.5, 0.6) is 0 Å². The minimum absolute atomic E-state index is 0.105. The summed E-state index contributed by atoms with van der Waals surface area (Å²) in [5, 5.41) is 5.10. The van der Waals surface area contributed by atoms with Crippen LogP contribution in [-0.4, -0.2) is 15.8 Å². The number of anilines is 1. The van der Waals surface area contributed by atoms with E-state index in [2.05, 4.69) is 10.3 Å². The Kier molecular flexibility index (Phi) is 4.70. The summed E-state index contributed by atoms with van der Waals surface area (Å²) in [6.45, 7) is 0. The molecule has 148 valence electrons. The average molecular weight is 456 g/mol. The molecule has 4 fully saturated rings. The van der Waals surface area contributed by atoms with E-state index in [1.54, 1.807) is 18.3 Å². The average Bonchev–Trinajstić information content (AvgIpc) is 3.03. The highest BCUT2D eigenvalue weighted by atomic mass is 35.5. The molecule has 6 rings (SSSR count). The van der Waals surface area contributed by atoms with Gasteiger partial charge in [-0.2, -0.15) is 0 Å². The van der Waals surface area contributed by atoms with Gasteiger partial charge in [0, 0.05) is 32.4 Å². The molecule has 1 N–H and O–H groups in total. The zero-order valence-corrected chi connectivity index (χ0v) is 18.4. The highest BCUT2D eigenvalue weighted by molar-refractivity contribution is 7.15. The van der Waals surface area contributed by atoms with Crippen molar-refractivity contribution in [3.63, 3.8) is 0 Å². The van der Waals surface area contributed by atoms with Gasteiger partial charge in [0.1, 0.15) is 0 Å². The maximum atomic E-state index is 13.2. The van der Waals surface area contributed by atoms with Crippen LogP contribution >= 0.6 is 46.1 Å². The lowest BCUT2D eigenvalue weighted by molar-refractivity contribution is -0.138. The van der Waals surface area contributed by atoms with Gasteiger partial charge in [-0.15, -0.1) is 22.9 Å². The number of amides is 1. The summed E-state index contributed by atoms with van der Waals surface area (Å²) in [5.74, 6) is 1.30. The third-order valence-corrected chi connectivity index (χ3v) is 8.58. The first kappa shape index (κ1) is 19.2. The zero-order valence-electron chi connectivity index (χ0n) is 15.3. The van der Waals surface area contributed by atoms with E-state index >= 15 is 0 Å². The van der Waals surface area contributed by atoms with Crippen LogP contribution < -0.4 is 5.32 Å². The van der Waals surface area contributed by atoms with Gasteiger partial charge in [-0.05, 0) is 74.1 Å². The number of halogens is 3. The number of hydrogen-bond acceptors (Lipinski definition) is 3. The molecular formula is C21H21Cl3N2OS. The van der Waals surface area contributed by atoms with Crippen molar-refractivity contribution in [1.29, 1.82) is 0 Å². The van der Waals surface area contributed by atoms with E-state index in [1.165, 1.54) is 17.8 Å². The molecule has 28 heavy (non-hydrogen) atoms. The third kappa shape index (κ3) is 3.47. The summed E-state index contributed by atoms with van der Waals surface area (Å²) >= 11 is 20.7. The standard InChI is InChI=1S/C21H21Cl3N2OS/c22-15-1-2-17(23)14(4-15)5-16-10-25-19(28-16)26-18(27)20-6-12-3-13(7-20)9-21(24,8-12)11-20/h1-2,4,10,12-13H,3,5-9,11H2,(H,25,26,27). The Morgan fingerprint density at radius 3 is 2.68 bits per heavy atom. The monoisotopic (exact) mass is 454 g/mol. The third-order valence-electron chi connectivity index (χ3n) is 6.62. The lowest BCUT2D eigenvalue weighted by atomic mass is 9.49. The van der Waals surface area contributed by atoms with Crippen LogP contribution in [-0.2, 0) is 11.2 Å². The number of nitrogens with one attached hydrogen (secondary N) is 1. The van der Waals surface area contributed by atoms with Crippen molar-refractivity contribution in [3.05, 3.63) is 44.9 Å². The van der Waals surface area contributed by atoms with E-state index in [4.69, 9.17) is 34.8 Å². The molecule has 0 aliphatic heterocycles. The van der Waals surface area contributed by atoms with Crippen LogP contribution in [0.1, 0.15) is 49.0 Å². The molecule has 2 atom stereocenters. The summed E-state index contributed by atoms with van der Waals surface area (Å²) in [6.07, 6.45) is 8.58. The fraction of sp³-hybridized carbons (Fsp3) is 0.524. The maximum Gasteiger partial charge on any atom is 0.232 e. The Hall–Kier alpha value is -0.810. The molecule has 4 aliphatic rings. The minimum atomic E-state index is -0.312. The molecule has 7 heteroatoms.